The summed E-state index contributed by atoms with van der Waals surface area (Å²) in [7, 11) is 0. The Hall–Kier alpha value is -1.93. The normalized spacial score (nSPS) is 10.5. The van der Waals surface area contributed by atoms with Gasteiger partial charge in [0.15, 0.2) is 4.34 Å². The number of benzene rings is 1. The Morgan fingerprint density at radius 2 is 1.81 bits per heavy atom. The molecule has 0 radical (unpaired) electrons. The number of rotatable bonds is 10. The number of unbranched alkanes of at least 4 members (excludes halogenated alkanes) is 3. The van der Waals surface area contributed by atoms with Crippen LogP contribution in [0.3, 0.4) is 0 Å². The Labute approximate surface area is 161 Å². The quantitative estimate of drug-likeness (QED) is 0.274. The van der Waals surface area contributed by atoms with E-state index in [4.69, 9.17) is 4.74 Å². The van der Waals surface area contributed by atoms with Crippen LogP contribution in [0.25, 0.3) is 0 Å². The van der Waals surface area contributed by atoms with Crippen molar-refractivity contribution in [3.05, 3.63) is 35.4 Å². The van der Waals surface area contributed by atoms with Crippen LogP contribution < -0.4 is 5.32 Å². The third-order valence-corrected chi connectivity index (χ3v) is 5.57. The van der Waals surface area contributed by atoms with E-state index in [1.807, 2.05) is 0 Å². The molecule has 0 aliphatic carbocycles. The molecular formula is C18H23N3O3S2. The molecule has 0 aliphatic heterocycles. The van der Waals surface area contributed by atoms with Crippen molar-refractivity contribution in [3.8, 4) is 0 Å². The molecule has 0 atom stereocenters. The largest absolute Gasteiger partial charge is 0.462 e. The second kappa shape index (κ2) is 10.9. The van der Waals surface area contributed by atoms with Crippen LogP contribution in [-0.2, 0) is 4.74 Å². The van der Waals surface area contributed by atoms with Gasteiger partial charge in [-0.25, -0.2) is 4.79 Å². The number of hydrogen-bond donors (Lipinski definition) is 1. The minimum absolute atomic E-state index is 0.281. The molecule has 1 aromatic heterocycles. The number of nitrogens with one attached hydrogen (secondary N) is 1. The van der Waals surface area contributed by atoms with Gasteiger partial charge in [0.25, 0.3) is 5.91 Å². The van der Waals surface area contributed by atoms with Gasteiger partial charge in [0.1, 0.15) is 0 Å². The van der Waals surface area contributed by atoms with Crippen LogP contribution in [0.5, 0.6) is 0 Å². The summed E-state index contributed by atoms with van der Waals surface area (Å²) in [6, 6.07) is 6.33. The summed E-state index contributed by atoms with van der Waals surface area (Å²) in [4.78, 5) is 23.9. The molecule has 0 spiro atoms. The van der Waals surface area contributed by atoms with Crippen LogP contribution in [0, 0.1) is 0 Å². The lowest BCUT2D eigenvalue weighted by Gasteiger charge is -2.04. The molecule has 1 aromatic carbocycles. The van der Waals surface area contributed by atoms with Crippen molar-refractivity contribution in [1.29, 1.82) is 0 Å². The topological polar surface area (TPSA) is 81.2 Å². The average Bonchev–Trinajstić information content (AvgIpc) is 3.09. The summed E-state index contributed by atoms with van der Waals surface area (Å²) >= 11 is 3.04. The van der Waals surface area contributed by atoms with Gasteiger partial charge in [-0.1, -0.05) is 49.3 Å². The van der Waals surface area contributed by atoms with Gasteiger partial charge in [-0.2, -0.15) is 0 Å². The lowest BCUT2D eigenvalue weighted by molar-refractivity contribution is 0.0526. The Bertz CT molecular complexity index is 717. The van der Waals surface area contributed by atoms with E-state index in [-0.39, 0.29) is 5.91 Å². The molecule has 0 bridgehead atoms. The molecule has 0 saturated heterocycles. The highest BCUT2D eigenvalue weighted by atomic mass is 32.2. The zero-order chi connectivity index (χ0) is 18.8. The van der Waals surface area contributed by atoms with Gasteiger partial charge in [-0.3, -0.25) is 10.1 Å². The lowest BCUT2D eigenvalue weighted by Crippen LogP contribution is -2.12. The number of ether oxygens (including phenoxy) is 1. The molecule has 2 aromatic rings. The SMILES string of the molecule is CCCCCCSc1nnc(NC(=O)c2ccc(C(=O)OCC)cc2)s1. The predicted molar refractivity (Wildman–Crippen MR) is 105 cm³/mol. The number of thioether (sulfide) groups is 1. The number of anilines is 1. The summed E-state index contributed by atoms with van der Waals surface area (Å²) < 4.78 is 5.78. The maximum absolute atomic E-state index is 12.3. The summed E-state index contributed by atoms with van der Waals surface area (Å²) in [5.41, 5.74) is 0.864. The van der Waals surface area contributed by atoms with E-state index in [1.165, 1.54) is 30.6 Å². The molecule has 1 amide bonds. The van der Waals surface area contributed by atoms with Gasteiger partial charge in [-0.05, 0) is 37.6 Å². The van der Waals surface area contributed by atoms with E-state index < -0.39 is 5.97 Å². The molecular weight excluding hydrogens is 370 g/mol. The number of carbonyl (C=O) groups excluding carboxylic acids is 2. The Morgan fingerprint density at radius 3 is 2.50 bits per heavy atom. The molecule has 0 fully saturated rings. The maximum atomic E-state index is 12.3. The molecule has 0 saturated carbocycles. The van der Waals surface area contributed by atoms with Crippen LogP contribution in [0.15, 0.2) is 28.6 Å². The first-order valence-corrected chi connectivity index (χ1v) is 10.5. The standard InChI is InChI=1S/C18H23N3O3S2/c1-3-5-6-7-12-25-18-21-20-17(26-18)19-15(22)13-8-10-14(11-9-13)16(23)24-4-2/h8-11H,3-7,12H2,1-2H3,(H,19,20,22). The second-order valence-electron chi connectivity index (χ2n) is 5.53. The van der Waals surface area contributed by atoms with Crippen LogP contribution >= 0.6 is 23.1 Å². The number of carbonyl (C=O) groups is 2. The van der Waals surface area contributed by atoms with Gasteiger partial charge in [0, 0.05) is 11.3 Å². The molecule has 6 nitrogen and oxygen atoms in total. The van der Waals surface area contributed by atoms with Crippen molar-refractivity contribution in [2.24, 2.45) is 0 Å². The minimum atomic E-state index is -0.399. The number of amides is 1. The zero-order valence-corrected chi connectivity index (χ0v) is 16.6. The van der Waals surface area contributed by atoms with E-state index in [9.17, 15) is 9.59 Å². The van der Waals surface area contributed by atoms with Gasteiger partial charge in [0.2, 0.25) is 5.13 Å². The highest BCUT2D eigenvalue weighted by molar-refractivity contribution is 8.01. The molecule has 26 heavy (non-hydrogen) atoms. The summed E-state index contributed by atoms with van der Waals surface area (Å²) in [6.07, 6.45) is 4.87. The summed E-state index contributed by atoms with van der Waals surface area (Å²) in [5, 5.41) is 11.3. The first kappa shape index (κ1) is 20.4. The van der Waals surface area contributed by atoms with E-state index in [0.717, 1.165) is 16.5 Å². The van der Waals surface area contributed by atoms with E-state index >= 15 is 0 Å². The number of hydrogen-bond acceptors (Lipinski definition) is 7. The average molecular weight is 394 g/mol. The number of nitrogens with zero attached hydrogens (tertiary/aromatic N) is 2. The fraction of sp³-hybridized carbons (Fsp3) is 0.444. The molecule has 8 heteroatoms. The molecule has 0 aliphatic rings. The summed E-state index contributed by atoms with van der Waals surface area (Å²) in [5.74, 6) is 0.331. The van der Waals surface area contributed by atoms with Crippen molar-refractivity contribution in [2.75, 3.05) is 17.7 Å². The number of esters is 1. The molecule has 2 rings (SSSR count). The lowest BCUT2D eigenvalue weighted by atomic mass is 10.1. The Kier molecular flexibility index (Phi) is 8.57. The first-order valence-electron chi connectivity index (χ1n) is 8.68. The minimum Gasteiger partial charge on any atom is -0.462 e. The fourth-order valence-electron chi connectivity index (χ4n) is 2.15. The molecule has 1 N–H and O–H groups in total. The third-order valence-electron chi connectivity index (χ3n) is 3.51. The Balaban J connectivity index is 1.84. The second-order valence-corrected chi connectivity index (χ2v) is 7.85. The van der Waals surface area contributed by atoms with Crippen molar-refractivity contribution < 1.29 is 14.3 Å². The Morgan fingerprint density at radius 1 is 1.08 bits per heavy atom. The highest BCUT2D eigenvalue weighted by Crippen LogP contribution is 2.26. The van der Waals surface area contributed by atoms with Crippen LogP contribution in [0.4, 0.5) is 5.13 Å². The maximum Gasteiger partial charge on any atom is 0.338 e. The monoisotopic (exact) mass is 393 g/mol. The van der Waals surface area contributed by atoms with Crippen molar-refractivity contribution in [2.45, 2.75) is 43.9 Å². The smallest absolute Gasteiger partial charge is 0.338 e. The van der Waals surface area contributed by atoms with Gasteiger partial charge < -0.3 is 4.74 Å². The molecule has 1 heterocycles. The van der Waals surface area contributed by atoms with Crippen LogP contribution in [0.1, 0.15) is 60.2 Å². The van der Waals surface area contributed by atoms with Crippen LogP contribution in [-0.4, -0.2) is 34.4 Å². The predicted octanol–water partition coefficient (Wildman–Crippen LogP) is 4.64. The van der Waals surface area contributed by atoms with Gasteiger partial charge in [0.05, 0.1) is 12.2 Å². The van der Waals surface area contributed by atoms with Crippen LogP contribution in [0.2, 0.25) is 0 Å². The van der Waals surface area contributed by atoms with Crippen molar-refractivity contribution >= 4 is 40.1 Å². The highest BCUT2D eigenvalue weighted by Gasteiger charge is 2.12. The van der Waals surface area contributed by atoms with Gasteiger partial charge in [-0.15, -0.1) is 10.2 Å². The van der Waals surface area contributed by atoms with Crippen molar-refractivity contribution in [1.82, 2.24) is 10.2 Å². The zero-order valence-electron chi connectivity index (χ0n) is 15.0. The van der Waals surface area contributed by atoms with E-state index in [0.29, 0.717) is 22.9 Å². The van der Waals surface area contributed by atoms with Crippen molar-refractivity contribution in [3.63, 3.8) is 0 Å². The van der Waals surface area contributed by atoms with Gasteiger partial charge >= 0.3 is 5.97 Å². The first-order chi connectivity index (χ1) is 12.6. The molecule has 0 unspecified atom stereocenters. The fourth-order valence-corrected chi connectivity index (χ4v) is 3.96. The van der Waals surface area contributed by atoms with E-state index in [1.54, 1.807) is 43.0 Å². The third kappa shape index (κ3) is 6.42. The van der Waals surface area contributed by atoms with E-state index in [2.05, 4.69) is 22.4 Å². The molecule has 140 valence electrons. The number of aromatic nitrogens is 2. The summed E-state index contributed by atoms with van der Waals surface area (Å²) in [6.45, 7) is 4.26.